The van der Waals surface area contributed by atoms with E-state index in [0.29, 0.717) is 12.7 Å². The summed E-state index contributed by atoms with van der Waals surface area (Å²) in [5.41, 5.74) is 0.962. The van der Waals surface area contributed by atoms with Crippen LogP contribution in [0.1, 0.15) is 54.6 Å². The molecular formula is C14H19NO3. The van der Waals surface area contributed by atoms with E-state index in [-0.39, 0.29) is 5.69 Å². The second-order valence-corrected chi connectivity index (χ2v) is 4.78. The van der Waals surface area contributed by atoms with Crippen LogP contribution in [-0.2, 0) is 11.3 Å². The predicted molar refractivity (Wildman–Crippen MR) is 67.5 cm³/mol. The van der Waals surface area contributed by atoms with E-state index in [9.17, 15) is 4.79 Å². The molecule has 0 aromatic carbocycles. The number of rotatable bonds is 4. The van der Waals surface area contributed by atoms with Crippen molar-refractivity contribution in [2.45, 2.75) is 51.2 Å². The van der Waals surface area contributed by atoms with Crippen molar-refractivity contribution in [3.8, 4) is 0 Å². The van der Waals surface area contributed by atoms with Crippen molar-refractivity contribution < 1.29 is 14.6 Å². The lowest BCUT2D eigenvalue weighted by Gasteiger charge is -2.15. The van der Waals surface area contributed by atoms with Gasteiger partial charge in [0.15, 0.2) is 0 Å². The van der Waals surface area contributed by atoms with Crippen LogP contribution >= 0.6 is 0 Å². The second-order valence-electron chi connectivity index (χ2n) is 4.78. The summed E-state index contributed by atoms with van der Waals surface area (Å²) in [7, 11) is 0. The molecule has 0 saturated heterocycles. The molecule has 0 spiro atoms. The number of ether oxygens (including phenoxy) is 1. The van der Waals surface area contributed by atoms with Crippen molar-refractivity contribution in [3.05, 3.63) is 29.6 Å². The summed E-state index contributed by atoms with van der Waals surface area (Å²) >= 11 is 0. The van der Waals surface area contributed by atoms with E-state index in [1.165, 1.54) is 31.9 Å². The molecule has 4 heteroatoms. The van der Waals surface area contributed by atoms with Crippen molar-refractivity contribution in [2.24, 2.45) is 0 Å². The molecule has 0 unspecified atom stereocenters. The van der Waals surface area contributed by atoms with Crippen LogP contribution in [0.25, 0.3) is 0 Å². The molecule has 1 aromatic rings. The Balaban J connectivity index is 1.88. The normalized spacial score (nSPS) is 17.3. The smallest absolute Gasteiger partial charge is 0.354 e. The average Bonchev–Trinajstić information content (AvgIpc) is 2.65. The van der Waals surface area contributed by atoms with Gasteiger partial charge in [-0.05, 0) is 30.5 Å². The number of nitrogens with zero attached hydrogens (tertiary/aromatic N) is 1. The van der Waals surface area contributed by atoms with Crippen molar-refractivity contribution in [1.29, 1.82) is 0 Å². The van der Waals surface area contributed by atoms with E-state index < -0.39 is 5.97 Å². The van der Waals surface area contributed by atoms with Gasteiger partial charge in [0, 0.05) is 6.20 Å². The summed E-state index contributed by atoms with van der Waals surface area (Å²) in [6, 6.07) is 3.39. The highest BCUT2D eigenvalue weighted by atomic mass is 16.5. The summed E-state index contributed by atoms with van der Waals surface area (Å²) in [5.74, 6) is -0.994. The Labute approximate surface area is 107 Å². The number of pyridine rings is 1. The van der Waals surface area contributed by atoms with E-state index in [4.69, 9.17) is 9.84 Å². The molecule has 1 heterocycles. The van der Waals surface area contributed by atoms with Crippen LogP contribution in [0.4, 0.5) is 0 Å². The molecule has 1 aliphatic rings. The van der Waals surface area contributed by atoms with Crippen molar-refractivity contribution in [3.63, 3.8) is 0 Å². The van der Waals surface area contributed by atoms with Gasteiger partial charge in [0.25, 0.3) is 0 Å². The van der Waals surface area contributed by atoms with Crippen molar-refractivity contribution in [1.82, 2.24) is 4.98 Å². The van der Waals surface area contributed by atoms with Crippen molar-refractivity contribution >= 4 is 5.97 Å². The third-order valence-electron chi connectivity index (χ3n) is 3.33. The first-order valence-electron chi connectivity index (χ1n) is 6.55. The Kier molecular flexibility index (Phi) is 4.70. The van der Waals surface area contributed by atoms with Crippen LogP contribution in [-0.4, -0.2) is 22.2 Å². The SMILES string of the molecule is O=C(O)c1cc(COC2CCCCCC2)ccn1. The summed E-state index contributed by atoms with van der Waals surface area (Å²) in [5, 5.41) is 8.86. The van der Waals surface area contributed by atoms with E-state index in [1.807, 2.05) is 6.07 Å². The first-order valence-corrected chi connectivity index (χ1v) is 6.55. The molecule has 0 bridgehead atoms. The number of carboxylic acids is 1. The highest BCUT2D eigenvalue weighted by Crippen LogP contribution is 2.20. The van der Waals surface area contributed by atoms with Gasteiger partial charge in [0.2, 0.25) is 0 Å². The van der Waals surface area contributed by atoms with E-state index in [1.54, 1.807) is 6.07 Å². The number of aromatic nitrogens is 1. The molecule has 1 aromatic heterocycles. The summed E-state index contributed by atoms with van der Waals surface area (Å²) in [4.78, 5) is 14.6. The van der Waals surface area contributed by atoms with Crippen LogP contribution in [0.5, 0.6) is 0 Å². The highest BCUT2D eigenvalue weighted by Gasteiger charge is 2.13. The molecule has 98 valence electrons. The summed E-state index contributed by atoms with van der Waals surface area (Å²) in [6.07, 6.45) is 9.18. The molecule has 0 amide bonds. The third kappa shape index (κ3) is 3.81. The minimum Gasteiger partial charge on any atom is -0.477 e. The largest absolute Gasteiger partial charge is 0.477 e. The first kappa shape index (κ1) is 13.0. The zero-order valence-corrected chi connectivity index (χ0v) is 10.5. The molecule has 0 radical (unpaired) electrons. The third-order valence-corrected chi connectivity index (χ3v) is 3.33. The van der Waals surface area contributed by atoms with Gasteiger partial charge in [-0.3, -0.25) is 0 Å². The second kappa shape index (κ2) is 6.50. The van der Waals surface area contributed by atoms with E-state index in [0.717, 1.165) is 18.4 Å². The molecule has 0 atom stereocenters. The number of hydrogen-bond donors (Lipinski definition) is 1. The zero-order chi connectivity index (χ0) is 12.8. The number of hydrogen-bond acceptors (Lipinski definition) is 3. The van der Waals surface area contributed by atoms with Gasteiger partial charge in [0.1, 0.15) is 5.69 Å². The Morgan fingerprint density at radius 3 is 2.72 bits per heavy atom. The fourth-order valence-corrected chi connectivity index (χ4v) is 2.30. The van der Waals surface area contributed by atoms with Crippen LogP contribution < -0.4 is 0 Å². The predicted octanol–water partition coefficient (Wildman–Crippen LogP) is 3.02. The molecular weight excluding hydrogens is 230 g/mol. The van der Waals surface area contributed by atoms with E-state index in [2.05, 4.69) is 4.98 Å². The Morgan fingerprint density at radius 2 is 2.06 bits per heavy atom. The van der Waals surface area contributed by atoms with Crippen molar-refractivity contribution in [2.75, 3.05) is 0 Å². The van der Waals surface area contributed by atoms with Gasteiger partial charge in [0.05, 0.1) is 12.7 Å². The lowest BCUT2D eigenvalue weighted by atomic mass is 10.1. The molecule has 1 saturated carbocycles. The molecule has 2 rings (SSSR count). The fourth-order valence-electron chi connectivity index (χ4n) is 2.30. The maximum absolute atomic E-state index is 10.8. The average molecular weight is 249 g/mol. The molecule has 0 aliphatic heterocycles. The maximum Gasteiger partial charge on any atom is 0.354 e. The van der Waals surface area contributed by atoms with E-state index >= 15 is 0 Å². The zero-order valence-electron chi connectivity index (χ0n) is 10.5. The Morgan fingerprint density at radius 1 is 1.33 bits per heavy atom. The molecule has 1 fully saturated rings. The molecule has 1 aliphatic carbocycles. The van der Waals surface area contributed by atoms with Crippen LogP contribution in [0.2, 0.25) is 0 Å². The summed E-state index contributed by atoms with van der Waals surface area (Å²) < 4.78 is 5.86. The summed E-state index contributed by atoms with van der Waals surface area (Å²) in [6.45, 7) is 0.480. The number of aromatic carboxylic acids is 1. The highest BCUT2D eigenvalue weighted by molar-refractivity contribution is 5.85. The minimum atomic E-state index is -0.994. The van der Waals surface area contributed by atoms with Gasteiger partial charge in [-0.2, -0.15) is 0 Å². The van der Waals surface area contributed by atoms with Gasteiger partial charge in [-0.25, -0.2) is 9.78 Å². The molecule has 18 heavy (non-hydrogen) atoms. The topological polar surface area (TPSA) is 59.4 Å². The van der Waals surface area contributed by atoms with Gasteiger partial charge >= 0.3 is 5.97 Å². The van der Waals surface area contributed by atoms with Gasteiger partial charge in [-0.15, -0.1) is 0 Å². The molecule has 4 nitrogen and oxygen atoms in total. The molecule has 1 N–H and O–H groups in total. The van der Waals surface area contributed by atoms with Gasteiger partial charge < -0.3 is 9.84 Å². The standard InChI is InChI=1S/C14H19NO3/c16-14(17)13-9-11(7-8-15-13)10-18-12-5-3-1-2-4-6-12/h7-9,12H,1-6,10H2,(H,16,17). The van der Waals surface area contributed by atoms with Gasteiger partial charge in [-0.1, -0.05) is 25.7 Å². The minimum absolute atomic E-state index is 0.0805. The Bertz CT molecular complexity index is 398. The van der Waals surface area contributed by atoms with Crippen LogP contribution in [0.3, 0.4) is 0 Å². The quantitative estimate of drug-likeness (QED) is 0.833. The first-order chi connectivity index (χ1) is 8.75. The van der Waals surface area contributed by atoms with Crippen LogP contribution in [0, 0.1) is 0 Å². The van der Waals surface area contributed by atoms with Crippen LogP contribution in [0.15, 0.2) is 18.3 Å². The lowest BCUT2D eigenvalue weighted by molar-refractivity contribution is 0.0309. The monoisotopic (exact) mass is 249 g/mol. The lowest BCUT2D eigenvalue weighted by Crippen LogP contribution is -2.12. The Hall–Kier alpha value is -1.42. The number of carboxylic acid groups (broad SMARTS) is 1. The fraction of sp³-hybridized carbons (Fsp3) is 0.571. The number of carbonyl (C=O) groups is 1. The maximum atomic E-state index is 10.8.